The predicted octanol–water partition coefficient (Wildman–Crippen LogP) is 2.13. The first-order valence-electron chi connectivity index (χ1n) is 9.81. The second-order valence-electron chi connectivity index (χ2n) is 6.83. The van der Waals surface area contributed by atoms with Crippen molar-refractivity contribution in [3.05, 3.63) is 29.8 Å². The number of aliphatic imine (C=N–C) groups is 1. The largest absolute Gasteiger partial charge is 0.497 e. The molecule has 2 heterocycles. The van der Waals surface area contributed by atoms with Crippen molar-refractivity contribution in [1.29, 1.82) is 0 Å². The number of nitrogens with zero attached hydrogens (tertiary/aromatic N) is 3. The summed E-state index contributed by atoms with van der Waals surface area (Å²) in [7, 11) is 1.71. The molecule has 1 aromatic carbocycles. The Balaban J connectivity index is 1.78. The molecule has 144 valence electrons. The lowest BCUT2D eigenvalue weighted by Gasteiger charge is -2.34. The van der Waals surface area contributed by atoms with E-state index in [4.69, 9.17) is 14.5 Å². The maximum absolute atomic E-state index is 5.55. The molecule has 2 fully saturated rings. The summed E-state index contributed by atoms with van der Waals surface area (Å²) in [5, 5.41) is 3.47. The van der Waals surface area contributed by atoms with E-state index in [0.717, 1.165) is 64.2 Å². The third-order valence-corrected chi connectivity index (χ3v) is 5.14. The van der Waals surface area contributed by atoms with Crippen LogP contribution in [0.5, 0.6) is 5.75 Å². The zero-order chi connectivity index (χ0) is 18.2. The summed E-state index contributed by atoms with van der Waals surface area (Å²) in [6.07, 6.45) is 2.52. The molecule has 1 aromatic rings. The predicted molar refractivity (Wildman–Crippen MR) is 105 cm³/mol. The normalized spacial score (nSPS) is 20.2. The molecule has 1 atom stereocenters. The lowest BCUT2D eigenvalue weighted by Crippen LogP contribution is -2.42. The minimum absolute atomic E-state index is 0.265. The minimum atomic E-state index is 0.265. The average Bonchev–Trinajstić information content (AvgIpc) is 3.23. The Morgan fingerprint density at radius 1 is 1.15 bits per heavy atom. The summed E-state index contributed by atoms with van der Waals surface area (Å²) < 4.78 is 10.9. The second kappa shape index (κ2) is 9.78. The zero-order valence-corrected chi connectivity index (χ0v) is 16.1. The highest BCUT2D eigenvalue weighted by atomic mass is 16.5. The fraction of sp³-hybridized carbons (Fsp3) is 0.650. The van der Waals surface area contributed by atoms with Crippen LogP contribution in [0.25, 0.3) is 0 Å². The molecule has 1 N–H and O–H groups in total. The Morgan fingerprint density at radius 2 is 1.85 bits per heavy atom. The number of hydrogen-bond acceptors (Lipinski definition) is 4. The molecular weight excluding hydrogens is 328 g/mol. The average molecular weight is 361 g/mol. The van der Waals surface area contributed by atoms with Crippen LogP contribution in [0.4, 0.5) is 0 Å². The SMILES string of the molecule is CCNC(=NCC(c1ccc(OC)cc1)N1CCOCC1)N1CCCC1. The Bertz CT molecular complexity index is 564. The fourth-order valence-electron chi connectivity index (χ4n) is 3.67. The summed E-state index contributed by atoms with van der Waals surface area (Å²) in [4.78, 5) is 9.88. The molecule has 3 rings (SSSR count). The van der Waals surface area contributed by atoms with Crippen molar-refractivity contribution in [3.8, 4) is 5.75 Å². The van der Waals surface area contributed by atoms with Gasteiger partial charge < -0.3 is 19.7 Å². The van der Waals surface area contributed by atoms with Gasteiger partial charge in [0.25, 0.3) is 0 Å². The van der Waals surface area contributed by atoms with Crippen molar-refractivity contribution in [2.24, 2.45) is 4.99 Å². The molecule has 0 aliphatic carbocycles. The molecule has 0 radical (unpaired) electrons. The van der Waals surface area contributed by atoms with Gasteiger partial charge in [-0.3, -0.25) is 9.89 Å². The first-order chi connectivity index (χ1) is 12.8. The Morgan fingerprint density at radius 3 is 2.46 bits per heavy atom. The van der Waals surface area contributed by atoms with E-state index in [0.29, 0.717) is 0 Å². The van der Waals surface area contributed by atoms with Crippen LogP contribution in [0.1, 0.15) is 31.4 Å². The fourth-order valence-corrected chi connectivity index (χ4v) is 3.67. The van der Waals surface area contributed by atoms with Crippen molar-refractivity contribution >= 4 is 5.96 Å². The summed E-state index contributed by atoms with van der Waals surface area (Å²) in [5.74, 6) is 1.94. The van der Waals surface area contributed by atoms with Crippen LogP contribution < -0.4 is 10.1 Å². The monoisotopic (exact) mass is 360 g/mol. The van der Waals surface area contributed by atoms with Crippen LogP contribution in [0.3, 0.4) is 0 Å². The molecule has 0 amide bonds. The van der Waals surface area contributed by atoms with E-state index in [-0.39, 0.29) is 6.04 Å². The van der Waals surface area contributed by atoms with Gasteiger partial charge >= 0.3 is 0 Å². The highest BCUT2D eigenvalue weighted by Crippen LogP contribution is 2.25. The number of hydrogen-bond donors (Lipinski definition) is 1. The third kappa shape index (κ3) is 4.89. The molecule has 6 heteroatoms. The summed E-state index contributed by atoms with van der Waals surface area (Å²) in [5.41, 5.74) is 1.29. The topological polar surface area (TPSA) is 49.3 Å². The molecular formula is C20H32N4O2. The van der Waals surface area contributed by atoms with E-state index < -0.39 is 0 Å². The molecule has 1 unspecified atom stereocenters. The Labute approximate surface area is 157 Å². The van der Waals surface area contributed by atoms with E-state index in [9.17, 15) is 0 Å². The quantitative estimate of drug-likeness (QED) is 0.622. The molecule has 2 saturated heterocycles. The standard InChI is InChI=1S/C20H32N4O2/c1-3-21-20(24-10-4-5-11-24)22-16-19(23-12-14-26-15-13-23)17-6-8-18(25-2)9-7-17/h6-9,19H,3-5,10-16H2,1-2H3,(H,21,22). The van der Waals surface area contributed by atoms with Gasteiger partial charge in [0.05, 0.1) is 32.9 Å². The van der Waals surface area contributed by atoms with E-state index >= 15 is 0 Å². The summed E-state index contributed by atoms with van der Waals surface area (Å²) >= 11 is 0. The van der Waals surface area contributed by atoms with Crippen LogP contribution in [-0.4, -0.2) is 75.4 Å². The highest BCUT2D eigenvalue weighted by Gasteiger charge is 2.23. The number of rotatable bonds is 6. The van der Waals surface area contributed by atoms with Gasteiger partial charge in [-0.1, -0.05) is 12.1 Å². The second-order valence-corrected chi connectivity index (χ2v) is 6.83. The molecule has 2 aliphatic heterocycles. The van der Waals surface area contributed by atoms with Crippen molar-refractivity contribution in [1.82, 2.24) is 15.1 Å². The first kappa shape index (κ1) is 19.0. The van der Waals surface area contributed by atoms with E-state index in [1.54, 1.807) is 7.11 Å². The number of ether oxygens (including phenoxy) is 2. The molecule has 0 spiro atoms. The van der Waals surface area contributed by atoms with E-state index in [1.165, 1.54) is 18.4 Å². The lowest BCUT2D eigenvalue weighted by molar-refractivity contribution is 0.0179. The van der Waals surface area contributed by atoms with Crippen LogP contribution in [0.2, 0.25) is 0 Å². The van der Waals surface area contributed by atoms with Crippen LogP contribution in [0.15, 0.2) is 29.3 Å². The molecule has 0 saturated carbocycles. The summed E-state index contributed by atoms with van der Waals surface area (Å²) in [6, 6.07) is 8.67. The van der Waals surface area contributed by atoms with Gasteiger partial charge in [-0.15, -0.1) is 0 Å². The molecule has 0 bridgehead atoms. The molecule has 2 aliphatic rings. The number of benzene rings is 1. The molecule has 0 aromatic heterocycles. The van der Waals surface area contributed by atoms with Gasteiger partial charge in [0.1, 0.15) is 5.75 Å². The lowest BCUT2D eigenvalue weighted by atomic mass is 10.0. The number of likely N-dealkylation sites (tertiary alicyclic amines) is 1. The van der Waals surface area contributed by atoms with Crippen molar-refractivity contribution in [2.75, 3.05) is 59.6 Å². The minimum Gasteiger partial charge on any atom is -0.497 e. The van der Waals surface area contributed by atoms with Gasteiger partial charge in [0.15, 0.2) is 5.96 Å². The van der Waals surface area contributed by atoms with Gasteiger partial charge in [0.2, 0.25) is 0 Å². The van der Waals surface area contributed by atoms with Gasteiger partial charge in [-0.2, -0.15) is 0 Å². The molecule has 26 heavy (non-hydrogen) atoms. The van der Waals surface area contributed by atoms with Gasteiger partial charge in [-0.05, 0) is 37.5 Å². The van der Waals surface area contributed by atoms with Crippen molar-refractivity contribution in [3.63, 3.8) is 0 Å². The Hall–Kier alpha value is -1.79. The number of guanidine groups is 1. The summed E-state index contributed by atoms with van der Waals surface area (Å²) in [6.45, 7) is 9.50. The van der Waals surface area contributed by atoms with Gasteiger partial charge in [-0.25, -0.2) is 0 Å². The number of morpholine rings is 1. The third-order valence-electron chi connectivity index (χ3n) is 5.14. The van der Waals surface area contributed by atoms with Crippen molar-refractivity contribution < 1.29 is 9.47 Å². The van der Waals surface area contributed by atoms with E-state index in [2.05, 4.69) is 34.2 Å². The molecule has 6 nitrogen and oxygen atoms in total. The van der Waals surface area contributed by atoms with Crippen LogP contribution in [0, 0.1) is 0 Å². The van der Waals surface area contributed by atoms with Crippen molar-refractivity contribution in [2.45, 2.75) is 25.8 Å². The van der Waals surface area contributed by atoms with Crippen LogP contribution in [-0.2, 0) is 4.74 Å². The number of nitrogens with one attached hydrogen (secondary N) is 1. The van der Waals surface area contributed by atoms with Gasteiger partial charge in [0, 0.05) is 32.7 Å². The zero-order valence-electron chi connectivity index (χ0n) is 16.1. The first-order valence-corrected chi connectivity index (χ1v) is 9.81. The maximum Gasteiger partial charge on any atom is 0.193 e. The number of methoxy groups -OCH3 is 1. The Kier molecular flexibility index (Phi) is 7.14. The highest BCUT2D eigenvalue weighted by molar-refractivity contribution is 5.80. The van der Waals surface area contributed by atoms with E-state index in [1.807, 2.05) is 12.1 Å². The maximum atomic E-state index is 5.55. The smallest absolute Gasteiger partial charge is 0.193 e. The van der Waals surface area contributed by atoms with Crippen LogP contribution >= 0.6 is 0 Å².